The molecular weight excluding hydrogens is 524 g/mol. The van der Waals surface area contributed by atoms with Gasteiger partial charge in [0, 0.05) is 11.1 Å². The largest absolute Gasteiger partial charge is 0.478 e. The van der Waals surface area contributed by atoms with Crippen LogP contribution in [-0.4, -0.2) is 27.9 Å². The third kappa shape index (κ3) is 3.81. The van der Waals surface area contributed by atoms with E-state index in [1.165, 1.54) is 29.5 Å². The summed E-state index contributed by atoms with van der Waals surface area (Å²) in [5, 5.41) is 13.2. The maximum atomic E-state index is 13.5. The topological polar surface area (TPSA) is 101 Å². The van der Waals surface area contributed by atoms with Crippen LogP contribution in [0, 0.1) is 0 Å². The predicted molar refractivity (Wildman–Crippen MR) is 153 cm³/mol. The summed E-state index contributed by atoms with van der Waals surface area (Å²) in [7, 11) is 0. The van der Waals surface area contributed by atoms with Crippen molar-refractivity contribution in [1.82, 2.24) is 4.98 Å². The van der Waals surface area contributed by atoms with Crippen LogP contribution in [0.2, 0.25) is 0 Å². The summed E-state index contributed by atoms with van der Waals surface area (Å²) in [6, 6.07) is 27.1. The van der Waals surface area contributed by atoms with Crippen LogP contribution in [0.1, 0.15) is 31.1 Å². The summed E-state index contributed by atoms with van der Waals surface area (Å²) >= 11 is 1.50. The smallest absolute Gasteiger partial charge is 0.335 e. The molecule has 7 nitrogen and oxygen atoms in total. The van der Waals surface area contributed by atoms with E-state index in [-0.39, 0.29) is 16.7 Å². The molecule has 1 aliphatic heterocycles. The number of carboxylic acid groups (broad SMARTS) is 1. The van der Waals surface area contributed by atoms with Gasteiger partial charge in [0.2, 0.25) is 5.89 Å². The highest BCUT2D eigenvalue weighted by atomic mass is 32.1. The van der Waals surface area contributed by atoms with Crippen molar-refractivity contribution in [3.8, 4) is 33.7 Å². The number of benzene rings is 4. The molecule has 0 saturated carbocycles. The second-order valence-electron chi connectivity index (χ2n) is 9.32. The fourth-order valence-electron chi connectivity index (χ4n) is 4.97. The Bertz CT molecular complexity index is 1980. The molecule has 2 aromatic heterocycles. The van der Waals surface area contributed by atoms with Crippen LogP contribution in [0.15, 0.2) is 106 Å². The first kappa shape index (κ1) is 23.8. The lowest BCUT2D eigenvalue weighted by atomic mass is 10.0. The Balaban J connectivity index is 1.34. The summed E-state index contributed by atoms with van der Waals surface area (Å²) in [6.45, 7) is 0. The minimum atomic E-state index is -1.17. The lowest BCUT2D eigenvalue weighted by Gasteiger charge is -2.19. The third-order valence-corrected chi connectivity index (χ3v) is 7.63. The van der Waals surface area contributed by atoms with Crippen LogP contribution in [0.5, 0.6) is 0 Å². The molecule has 0 atom stereocenters. The summed E-state index contributed by atoms with van der Waals surface area (Å²) in [5.74, 6) is -1.92. The van der Waals surface area contributed by atoms with Crippen molar-refractivity contribution >= 4 is 45.9 Å². The van der Waals surface area contributed by atoms with Crippen LogP contribution >= 0.6 is 11.3 Å². The molecule has 2 amide bonds. The number of rotatable bonds is 5. The zero-order valence-electron chi connectivity index (χ0n) is 20.7. The number of oxazole rings is 1. The Morgan fingerprint density at radius 2 is 1.52 bits per heavy atom. The number of carbonyl (C=O) groups is 3. The number of aromatic carboxylic acids is 1. The van der Waals surface area contributed by atoms with Crippen molar-refractivity contribution in [2.45, 2.75) is 0 Å². The van der Waals surface area contributed by atoms with Gasteiger partial charge in [-0.05, 0) is 76.0 Å². The molecule has 0 aliphatic carbocycles. The number of amides is 2. The average molecular weight is 543 g/mol. The van der Waals surface area contributed by atoms with Crippen LogP contribution in [0.25, 0.3) is 44.8 Å². The van der Waals surface area contributed by atoms with E-state index < -0.39 is 17.8 Å². The SMILES string of the molecule is O=C(O)c1ccc2c(c1)C(=O)N(c1cc(-c3nc4cc(-c5ccccc5)ccc4o3)ccc1-c1ccsc1)C2=O. The highest BCUT2D eigenvalue weighted by Crippen LogP contribution is 2.40. The Morgan fingerprint density at radius 1 is 0.750 bits per heavy atom. The van der Waals surface area contributed by atoms with Gasteiger partial charge < -0.3 is 9.52 Å². The molecule has 0 spiro atoms. The molecule has 0 bridgehead atoms. The minimum absolute atomic E-state index is 0.0573. The van der Waals surface area contributed by atoms with Gasteiger partial charge in [0.1, 0.15) is 5.52 Å². The molecule has 192 valence electrons. The fraction of sp³-hybridized carbons (Fsp3) is 0. The zero-order chi connectivity index (χ0) is 27.4. The van der Waals surface area contributed by atoms with Crippen molar-refractivity contribution in [1.29, 1.82) is 0 Å². The number of carboxylic acids is 1. The monoisotopic (exact) mass is 542 g/mol. The molecule has 1 N–H and O–H groups in total. The van der Waals surface area contributed by atoms with Gasteiger partial charge in [0.05, 0.1) is 22.4 Å². The van der Waals surface area contributed by atoms with E-state index in [0.717, 1.165) is 21.6 Å². The molecule has 4 aromatic carbocycles. The van der Waals surface area contributed by atoms with Crippen molar-refractivity contribution in [3.05, 3.63) is 118 Å². The van der Waals surface area contributed by atoms with E-state index in [1.54, 1.807) is 6.07 Å². The number of hydrogen-bond acceptors (Lipinski definition) is 6. The van der Waals surface area contributed by atoms with Gasteiger partial charge in [-0.3, -0.25) is 9.59 Å². The first-order chi connectivity index (χ1) is 19.5. The van der Waals surface area contributed by atoms with E-state index in [1.807, 2.05) is 77.5 Å². The molecule has 1 aliphatic rings. The summed E-state index contributed by atoms with van der Waals surface area (Å²) < 4.78 is 6.09. The normalized spacial score (nSPS) is 12.8. The maximum absolute atomic E-state index is 13.5. The minimum Gasteiger partial charge on any atom is -0.478 e. The standard InChI is InChI=1S/C32H18N2O5S/c35-30-24-10-7-21(32(37)38)14-25(24)31(36)34(30)27-16-20(6-9-23(27)22-12-13-40-17-22)29-33-26-15-19(8-11-28(26)39-29)18-4-2-1-3-5-18/h1-17H,(H,37,38). The van der Waals surface area contributed by atoms with Gasteiger partial charge in [0.25, 0.3) is 11.8 Å². The highest BCUT2D eigenvalue weighted by molar-refractivity contribution is 7.08. The Kier molecular flexibility index (Phi) is 5.43. The first-order valence-electron chi connectivity index (χ1n) is 12.4. The average Bonchev–Trinajstić information content (AvgIpc) is 3.72. The molecule has 0 unspecified atom stereocenters. The first-order valence-corrected chi connectivity index (χ1v) is 13.3. The molecule has 40 heavy (non-hydrogen) atoms. The number of fused-ring (bicyclic) bond motifs is 2. The fourth-order valence-corrected chi connectivity index (χ4v) is 5.62. The van der Waals surface area contributed by atoms with Crippen molar-refractivity contribution in [2.24, 2.45) is 0 Å². The summed E-state index contributed by atoms with van der Waals surface area (Å²) in [4.78, 5) is 44.4. The second-order valence-corrected chi connectivity index (χ2v) is 10.1. The Hall–Kier alpha value is -5.34. The summed E-state index contributed by atoms with van der Waals surface area (Å²) in [6.07, 6.45) is 0. The van der Waals surface area contributed by atoms with Gasteiger partial charge in [-0.2, -0.15) is 11.3 Å². The molecule has 7 rings (SSSR count). The molecular formula is C32H18N2O5S. The van der Waals surface area contributed by atoms with Crippen molar-refractivity contribution in [3.63, 3.8) is 0 Å². The summed E-state index contributed by atoms with van der Waals surface area (Å²) in [5.41, 5.74) is 6.01. The van der Waals surface area contributed by atoms with E-state index in [0.29, 0.717) is 33.8 Å². The number of carbonyl (C=O) groups excluding carboxylic acids is 2. The third-order valence-electron chi connectivity index (χ3n) is 6.95. The van der Waals surface area contributed by atoms with E-state index in [2.05, 4.69) is 0 Å². The van der Waals surface area contributed by atoms with Gasteiger partial charge in [0.15, 0.2) is 5.58 Å². The van der Waals surface area contributed by atoms with Crippen molar-refractivity contribution in [2.75, 3.05) is 4.90 Å². The van der Waals surface area contributed by atoms with Crippen LogP contribution in [0.4, 0.5) is 5.69 Å². The molecule has 8 heteroatoms. The molecule has 0 saturated heterocycles. The number of thiophene rings is 1. The van der Waals surface area contributed by atoms with Crippen LogP contribution in [0.3, 0.4) is 0 Å². The van der Waals surface area contributed by atoms with E-state index in [4.69, 9.17) is 9.40 Å². The maximum Gasteiger partial charge on any atom is 0.335 e. The highest BCUT2D eigenvalue weighted by Gasteiger charge is 2.38. The molecule has 0 fully saturated rings. The van der Waals surface area contributed by atoms with Gasteiger partial charge in [-0.15, -0.1) is 0 Å². The molecule has 6 aromatic rings. The Morgan fingerprint density at radius 3 is 2.30 bits per heavy atom. The predicted octanol–water partition coefficient (Wildman–Crippen LogP) is 7.39. The van der Waals surface area contributed by atoms with Gasteiger partial charge >= 0.3 is 5.97 Å². The second kappa shape index (κ2) is 9.14. The number of nitrogens with zero attached hydrogens (tertiary/aromatic N) is 2. The van der Waals surface area contributed by atoms with E-state index in [9.17, 15) is 19.5 Å². The lowest BCUT2D eigenvalue weighted by Crippen LogP contribution is -2.30. The Labute approximate surface area is 231 Å². The van der Waals surface area contributed by atoms with Gasteiger partial charge in [-0.25, -0.2) is 14.7 Å². The molecule has 3 heterocycles. The van der Waals surface area contributed by atoms with Gasteiger partial charge in [-0.1, -0.05) is 42.5 Å². The number of imide groups is 1. The number of anilines is 1. The van der Waals surface area contributed by atoms with Crippen LogP contribution < -0.4 is 4.90 Å². The van der Waals surface area contributed by atoms with Crippen molar-refractivity contribution < 1.29 is 23.9 Å². The molecule has 0 radical (unpaired) electrons. The number of hydrogen-bond donors (Lipinski definition) is 1. The van der Waals surface area contributed by atoms with E-state index >= 15 is 0 Å². The zero-order valence-corrected chi connectivity index (χ0v) is 21.5. The lowest BCUT2D eigenvalue weighted by molar-refractivity contribution is 0.0696. The quantitative estimate of drug-likeness (QED) is 0.228. The number of aromatic nitrogens is 1. The van der Waals surface area contributed by atoms with Crippen LogP contribution in [-0.2, 0) is 0 Å².